The van der Waals surface area contributed by atoms with Crippen molar-refractivity contribution in [3.05, 3.63) is 76.5 Å². The Bertz CT molecular complexity index is 846. The van der Waals surface area contributed by atoms with Crippen LogP contribution in [0.1, 0.15) is 21.6 Å². The fourth-order valence-electron chi connectivity index (χ4n) is 2.33. The van der Waals surface area contributed by atoms with E-state index < -0.39 is 0 Å². The van der Waals surface area contributed by atoms with Crippen LogP contribution < -0.4 is 5.32 Å². The van der Waals surface area contributed by atoms with E-state index in [0.29, 0.717) is 24.1 Å². The number of nitrogens with one attached hydrogen (secondary N) is 1. The molecular formula is C19H17FN2OS. The smallest absolute Gasteiger partial charge is 0.251 e. The molecule has 0 aliphatic carbocycles. The van der Waals surface area contributed by atoms with Crippen molar-refractivity contribution >= 4 is 17.2 Å². The molecular weight excluding hydrogens is 323 g/mol. The van der Waals surface area contributed by atoms with Crippen LogP contribution in [-0.2, 0) is 6.42 Å². The molecule has 0 saturated carbocycles. The highest BCUT2D eigenvalue weighted by atomic mass is 32.1. The van der Waals surface area contributed by atoms with Gasteiger partial charge in [0.2, 0.25) is 0 Å². The summed E-state index contributed by atoms with van der Waals surface area (Å²) in [5.74, 6) is -0.501. The Morgan fingerprint density at radius 3 is 2.75 bits per heavy atom. The molecule has 1 heterocycles. The van der Waals surface area contributed by atoms with E-state index in [1.807, 2.05) is 35.7 Å². The van der Waals surface area contributed by atoms with Gasteiger partial charge < -0.3 is 5.32 Å². The van der Waals surface area contributed by atoms with Crippen LogP contribution in [0.25, 0.3) is 10.6 Å². The summed E-state index contributed by atoms with van der Waals surface area (Å²) in [5.41, 5.74) is 2.99. The number of carbonyl (C=O) groups is 1. The SMILES string of the molecule is Cc1cc(C(=O)NCCc2csc(-c3ccccc3)n2)ccc1F. The molecule has 0 spiro atoms. The van der Waals surface area contributed by atoms with E-state index in [1.165, 1.54) is 12.1 Å². The number of amides is 1. The first-order chi connectivity index (χ1) is 11.6. The van der Waals surface area contributed by atoms with Gasteiger partial charge in [-0.25, -0.2) is 9.37 Å². The third kappa shape index (κ3) is 3.86. The summed E-state index contributed by atoms with van der Waals surface area (Å²) in [6.07, 6.45) is 0.662. The van der Waals surface area contributed by atoms with Gasteiger partial charge in [0.05, 0.1) is 5.69 Å². The number of thiazole rings is 1. The minimum atomic E-state index is -0.303. The fraction of sp³-hybridized carbons (Fsp3) is 0.158. The van der Waals surface area contributed by atoms with Gasteiger partial charge >= 0.3 is 0 Å². The molecule has 0 aliphatic rings. The lowest BCUT2D eigenvalue weighted by atomic mass is 10.1. The van der Waals surface area contributed by atoms with Crippen LogP contribution in [0.2, 0.25) is 0 Å². The van der Waals surface area contributed by atoms with Crippen LogP contribution in [0.4, 0.5) is 4.39 Å². The second kappa shape index (κ2) is 7.36. The average molecular weight is 340 g/mol. The monoisotopic (exact) mass is 340 g/mol. The highest BCUT2D eigenvalue weighted by Gasteiger charge is 2.08. The average Bonchev–Trinajstić information content (AvgIpc) is 3.07. The molecule has 0 fully saturated rings. The van der Waals surface area contributed by atoms with Gasteiger partial charge in [-0.15, -0.1) is 11.3 Å². The van der Waals surface area contributed by atoms with Gasteiger partial charge in [-0.2, -0.15) is 0 Å². The van der Waals surface area contributed by atoms with Crippen molar-refractivity contribution in [2.45, 2.75) is 13.3 Å². The molecule has 0 bridgehead atoms. The quantitative estimate of drug-likeness (QED) is 0.755. The molecule has 0 unspecified atom stereocenters. The lowest BCUT2D eigenvalue weighted by molar-refractivity contribution is 0.0954. The Hall–Kier alpha value is -2.53. The van der Waals surface area contributed by atoms with Crippen LogP contribution in [-0.4, -0.2) is 17.4 Å². The molecule has 1 amide bonds. The van der Waals surface area contributed by atoms with Crippen molar-refractivity contribution in [1.29, 1.82) is 0 Å². The van der Waals surface area contributed by atoms with Gasteiger partial charge in [0, 0.05) is 29.5 Å². The lowest BCUT2D eigenvalue weighted by Gasteiger charge is -2.05. The summed E-state index contributed by atoms with van der Waals surface area (Å²) in [6, 6.07) is 14.4. The molecule has 122 valence electrons. The molecule has 0 atom stereocenters. The first-order valence-corrected chi connectivity index (χ1v) is 8.55. The summed E-state index contributed by atoms with van der Waals surface area (Å²) in [6.45, 7) is 2.14. The molecule has 0 radical (unpaired) electrons. The van der Waals surface area contributed by atoms with E-state index in [1.54, 1.807) is 24.3 Å². The number of rotatable bonds is 5. The van der Waals surface area contributed by atoms with E-state index in [-0.39, 0.29) is 11.7 Å². The number of carbonyl (C=O) groups excluding carboxylic acids is 1. The maximum atomic E-state index is 13.2. The number of halogens is 1. The van der Waals surface area contributed by atoms with Crippen LogP contribution in [0.3, 0.4) is 0 Å². The van der Waals surface area contributed by atoms with Gasteiger partial charge in [-0.1, -0.05) is 30.3 Å². The van der Waals surface area contributed by atoms with Crippen molar-refractivity contribution in [3.8, 4) is 10.6 Å². The number of nitrogens with zero attached hydrogens (tertiary/aromatic N) is 1. The summed E-state index contributed by atoms with van der Waals surface area (Å²) in [4.78, 5) is 16.7. The number of benzene rings is 2. The molecule has 5 heteroatoms. The molecule has 24 heavy (non-hydrogen) atoms. The Kier molecular flexibility index (Phi) is 5.01. The third-order valence-electron chi connectivity index (χ3n) is 3.66. The Balaban J connectivity index is 1.56. The Labute approximate surface area is 144 Å². The molecule has 3 aromatic rings. The van der Waals surface area contributed by atoms with Gasteiger partial charge in [0.15, 0.2) is 0 Å². The van der Waals surface area contributed by atoms with Gasteiger partial charge in [0.1, 0.15) is 10.8 Å². The minimum absolute atomic E-state index is 0.198. The van der Waals surface area contributed by atoms with Crippen molar-refractivity contribution in [1.82, 2.24) is 10.3 Å². The van der Waals surface area contributed by atoms with Crippen molar-refractivity contribution < 1.29 is 9.18 Å². The topological polar surface area (TPSA) is 42.0 Å². The summed E-state index contributed by atoms with van der Waals surface area (Å²) in [7, 11) is 0. The van der Waals surface area contributed by atoms with E-state index in [9.17, 15) is 9.18 Å². The maximum absolute atomic E-state index is 13.2. The standard InChI is InChI=1S/C19H17FN2OS/c1-13-11-15(7-8-17(13)20)18(23)21-10-9-16-12-24-19(22-16)14-5-3-2-4-6-14/h2-8,11-12H,9-10H2,1H3,(H,21,23). The van der Waals surface area contributed by atoms with Crippen LogP contribution in [0, 0.1) is 12.7 Å². The first kappa shape index (κ1) is 16.3. The zero-order valence-corrected chi connectivity index (χ0v) is 14.1. The zero-order chi connectivity index (χ0) is 16.9. The summed E-state index contributed by atoms with van der Waals surface area (Å²) >= 11 is 1.60. The predicted octanol–water partition coefficient (Wildman–Crippen LogP) is 4.23. The van der Waals surface area contributed by atoms with Crippen LogP contribution in [0.5, 0.6) is 0 Å². The van der Waals surface area contributed by atoms with Gasteiger partial charge in [0.25, 0.3) is 5.91 Å². The van der Waals surface area contributed by atoms with E-state index in [2.05, 4.69) is 10.3 Å². The van der Waals surface area contributed by atoms with Crippen LogP contribution in [0.15, 0.2) is 53.9 Å². The molecule has 1 N–H and O–H groups in total. The molecule has 0 aliphatic heterocycles. The highest BCUT2D eigenvalue weighted by molar-refractivity contribution is 7.13. The Morgan fingerprint density at radius 2 is 2.00 bits per heavy atom. The molecule has 3 rings (SSSR count). The molecule has 3 nitrogen and oxygen atoms in total. The number of aryl methyl sites for hydroxylation is 1. The number of hydrogen-bond donors (Lipinski definition) is 1. The Morgan fingerprint density at radius 1 is 1.21 bits per heavy atom. The van der Waals surface area contributed by atoms with Crippen LogP contribution >= 0.6 is 11.3 Å². The highest BCUT2D eigenvalue weighted by Crippen LogP contribution is 2.23. The minimum Gasteiger partial charge on any atom is -0.352 e. The summed E-state index contributed by atoms with van der Waals surface area (Å²) < 4.78 is 13.2. The normalized spacial score (nSPS) is 10.6. The molecule has 1 aromatic heterocycles. The largest absolute Gasteiger partial charge is 0.352 e. The molecule has 2 aromatic carbocycles. The first-order valence-electron chi connectivity index (χ1n) is 7.67. The maximum Gasteiger partial charge on any atom is 0.251 e. The second-order valence-corrected chi connectivity index (χ2v) is 6.34. The van der Waals surface area contributed by atoms with Crippen molar-refractivity contribution in [2.75, 3.05) is 6.54 Å². The fourth-order valence-corrected chi connectivity index (χ4v) is 3.19. The van der Waals surface area contributed by atoms with E-state index in [4.69, 9.17) is 0 Å². The van der Waals surface area contributed by atoms with E-state index in [0.717, 1.165) is 16.3 Å². The summed E-state index contributed by atoms with van der Waals surface area (Å²) in [5, 5.41) is 5.83. The molecule has 0 saturated heterocycles. The second-order valence-electron chi connectivity index (χ2n) is 5.48. The third-order valence-corrected chi connectivity index (χ3v) is 4.60. The predicted molar refractivity (Wildman–Crippen MR) is 94.7 cm³/mol. The van der Waals surface area contributed by atoms with Gasteiger partial charge in [-0.3, -0.25) is 4.79 Å². The number of aromatic nitrogens is 1. The number of hydrogen-bond acceptors (Lipinski definition) is 3. The van der Waals surface area contributed by atoms with E-state index >= 15 is 0 Å². The zero-order valence-electron chi connectivity index (χ0n) is 13.3. The lowest BCUT2D eigenvalue weighted by Crippen LogP contribution is -2.25. The van der Waals surface area contributed by atoms with Gasteiger partial charge in [-0.05, 0) is 30.7 Å². The van der Waals surface area contributed by atoms with Crippen molar-refractivity contribution in [2.24, 2.45) is 0 Å². The van der Waals surface area contributed by atoms with Crippen molar-refractivity contribution in [3.63, 3.8) is 0 Å².